The van der Waals surface area contributed by atoms with Crippen LogP contribution in [0.25, 0.3) is 0 Å². The summed E-state index contributed by atoms with van der Waals surface area (Å²) in [6.45, 7) is 0.536. The van der Waals surface area contributed by atoms with Crippen molar-refractivity contribution in [1.82, 2.24) is 14.9 Å². The number of likely N-dealkylation sites (tertiary alicyclic amines) is 1. The molecule has 3 aromatic carbocycles. The molecule has 2 atom stereocenters. The van der Waals surface area contributed by atoms with Gasteiger partial charge in [0, 0.05) is 24.6 Å². The lowest BCUT2D eigenvalue weighted by atomic mass is 9.84. The van der Waals surface area contributed by atoms with Crippen LogP contribution in [0.5, 0.6) is 0 Å². The molecule has 2 unspecified atom stereocenters. The number of benzene rings is 3. The molecule has 3 aromatic rings. The number of nitrogens with one attached hydrogen (secondary N) is 3. The minimum atomic E-state index is -4.27. The van der Waals surface area contributed by atoms with Gasteiger partial charge in [-0.15, -0.1) is 0 Å². The third-order valence-electron chi connectivity index (χ3n) is 6.78. The van der Waals surface area contributed by atoms with Crippen LogP contribution in [0.15, 0.2) is 84.9 Å². The highest BCUT2D eigenvalue weighted by molar-refractivity contribution is 7.87. The zero-order valence-corrected chi connectivity index (χ0v) is 22.1. The SMILES string of the molecule is N=C(N)c1ccc(CNC(=O)C2CCCN2C(=O)C(NS(N)(=O)=O)C(c2ccccc2)c2ccccc2)cc1. The fourth-order valence-corrected chi connectivity index (χ4v) is 5.52. The Morgan fingerprint density at radius 3 is 2.03 bits per heavy atom. The Morgan fingerprint density at radius 1 is 0.949 bits per heavy atom. The predicted octanol–water partition coefficient (Wildman–Crippen LogP) is 1.57. The maximum atomic E-state index is 14.0. The van der Waals surface area contributed by atoms with E-state index in [-0.39, 0.29) is 18.3 Å². The highest BCUT2D eigenvalue weighted by Crippen LogP contribution is 2.31. The average molecular weight is 549 g/mol. The highest BCUT2D eigenvalue weighted by atomic mass is 32.2. The van der Waals surface area contributed by atoms with Gasteiger partial charge in [-0.25, -0.2) is 5.14 Å². The van der Waals surface area contributed by atoms with E-state index in [2.05, 4.69) is 10.0 Å². The fraction of sp³-hybridized carbons (Fsp3) is 0.250. The van der Waals surface area contributed by atoms with E-state index in [9.17, 15) is 18.0 Å². The first-order valence-corrected chi connectivity index (χ1v) is 14.1. The molecular formula is C28H32N6O4S. The molecule has 39 heavy (non-hydrogen) atoms. The number of carbonyl (C=O) groups excluding carboxylic acids is 2. The van der Waals surface area contributed by atoms with Gasteiger partial charge < -0.3 is 16.0 Å². The van der Waals surface area contributed by atoms with Gasteiger partial charge in [0.15, 0.2) is 0 Å². The lowest BCUT2D eigenvalue weighted by Crippen LogP contribution is -2.56. The summed E-state index contributed by atoms with van der Waals surface area (Å²) < 4.78 is 26.9. The highest BCUT2D eigenvalue weighted by Gasteiger charge is 2.41. The third kappa shape index (κ3) is 7.08. The largest absolute Gasteiger partial charge is 0.384 e. The number of hydrogen-bond donors (Lipinski definition) is 5. The number of rotatable bonds is 10. The monoisotopic (exact) mass is 548 g/mol. The lowest BCUT2D eigenvalue weighted by molar-refractivity contribution is -0.140. The summed E-state index contributed by atoms with van der Waals surface area (Å²) in [4.78, 5) is 28.7. The molecule has 1 heterocycles. The van der Waals surface area contributed by atoms with E-state index in [0.717, 1.165) is 16.7 Å². The number of amides is 2. The Morgan fingerprint density at radius 2 is 1.51 bits per heavy atom. The van der Waals surface area contributed by atoms with Crippen LogP contribution in [0.1, 0.15) is 41.0 Å². The topological polar surface area (TPSA) is 171 Å². The van der Waals surface area contributed by atoms with E-state index in [4.69, 9.17) is 16.3 Å². The molecule has 11 heteroatoms. The summed E-state index contributed by atoms with van der Waals surface area (Å²) in [6, 6.07) is 23.2. The third-order valence-corrected chi connectivity index (χ3v) is 7.36. The van der Waals surface area contributed by atoms with Crippen LogP contribution in [0.2, 0.25) is 0 Å². The Hall–Kier alpha value is -4.06. The molecule has 7 N–H and O–H groups in total. The van der Waals surface area contributed by atoms with E-state index in [1.165, 1.54) is 4.90 Å². The van der Waals surface area contributed by atoms with E-state index in [1.807, 2.05) is 60.7 Å². The molecule has 10 nitrogen and oxygen atoms in total. The van der Waals surface area contributed by atoms with Crippen molar-refractivity contribution in [1.29, 1.82) is 5.41 Å². The maximum Gasteiger partial charge on any atom is 0.275 e. The van der Waals surface area contributed by atoms with E-state index in [1.54, 1.807) is 24.3 Å². The first-order chi connectivity index (χ1) is 18.6. The van der Waals surface area contributed by atoms with Crippen LogP contribution in [0, 0.1) is 5.41 Å². The summed E-state index contributed by atoms with van der Waals surface area (Å²) in [5, 5.41) is 15.8. The average Bonchev–Trinajstić information content (AvgIpc) is 3.42. The van der Waals surface area contributed by atoms with Crippen LogP contribution >= 0.6 is 0 Å². The molecule has 1 aliphatic rings. The van der Waals surface area contributed by atoms with Gasteiger partial charge in [-0.1, -0.05) is 84.9 Å². The molecule has 1 fully saturated rings. The fourth-order valence-electron chi connectivity index (χ4n) is 4.93. The van der Waals surface area contributed by atoms with Gasteiger partial charge in [-0.05, 0) is 29.5 Å². The molecule has 4 rings (SSSR count). The van der Waals surface area contributed by atoms with Gasteiger partial charge in [0.1, 0.15) is 17.9 Å². The standard InChI is InChI=1S/C28H32N6O4S/c29-26(30)22-15-13-19(14-16-22)18-32-27(35)23-12-7-17-34(23)28(36)25(33-39(31,37)38)24(20-8-3-1-4-9-20)21-10-5-2-6-11-21/h1-6,8-11,13-16,23-25,33H,7,12,17-18H2,(H3,29,30)(H,32,35)(H2,31,37,38). The maximum absolute atomic E-state index is 14.0. The van der Waals surface area contributed by atoms with Crippen molar-refractivity contribution in [2.24, 2.45) is 10.9 Å². The number of amidine groups is 1. The van der Waals surface area contributed by atoms with E-state index >= 15 is 0 Å². The summed E-state index contributed by atoms with van der Waals surface area (Å²) in [5.41, 5.74) is 8.35. The second kappa shape index (κ2) is 12.2. The molecule has 0 radical (unpaired) electrons. The van der Waals surface area contributed by atoms with Crippen LogP contribution < -0.4 is 20.9 Å². The molecule has 0 aromatic heterocycles. The van der Waals surface area contributed by atoms with Crippen LogP contribution in [0.3, 0.4) is 0 Å². The van der Waals surface area contributed by atoms with Crippen LogP contribution in [0.4, 0.5) is 0 Å². The number of nitrogen functional groups attached to an aromatic ring is 1. The second-order valence-corrected chi connectivity index (χ2v) is 10.8. The zero-order valence-electron chi connectivity index (χ0n) is 21.3. The number of nitrogens with zero attached hydrogens (tertiary/aromatic N) is 1. The van der Waals surface area contributed by atoms with Crippen molar-refractivity contribution in [3.8, 4) is 0 Å². The quantitative estimate of drug-likeness (QED) is 0.191. The van der Waals surface area contributed by atoms with Gasteiger partial charge in [0.2, 0.25) is 11.8 Å². The van der Waals surface area contributed by atoms with Crippen LogP contribution in [-0.2, 0) is 26.3 Å². The number of hydrogen-bond acceptors (Lipinski definition) is 5. The smallest absolute Gasteiger partial charge is 0.275 e. The van der Waals surface area contributed by atoms with Gasteiger partial charge in [0.05, 0.1) is 0 Å². The van der Waals surface area contributed by atoms with Crippen molar-refractivity contribution in [3.63, 3.8) is 0 Å². The van der Waals surface area contributed by atoms with Gasteiger partial charge in [-0.2, -0.15) is 13.1 Å². The minimum Gasteiger partial charge on any atom is -0.384 e. The Balaban J connectivity index is 1.59. The molecule has 204 valence electrons. The Bertz CT molecular complexity index is 1380. The van der Waals surface area contributed by atoms with Crippen LogP contribution in [-0.4, -0.2) is 49.6 Å². The van der Waals surface area contributed by atoms with E-state index < -0.39 is 34.1 Å². The van der Waals surface area contributed by atoms with Crippen molar-refractivity contribution in [2.45, 2.75) is 37.4 Å². The molecule has 0 spiro atoms. The zero-order chi connectivity index (χ0) is 28.0. The first-order valence-electron chi connectivity index (χ1n) is 12.6. The van der Waals surface area contributed by atoms with Crippen molar-refractivity contribution < 1.29 is 18.0 Å². The second-order valence-electron chi connectivity index (χ2n) is 9.46. The minimum absolute atomic E-state index is 0.0438. The van der Waals surface area contributed by atoms with E-state index in [0.29, 0.717) is 24.9 Å². The molecule has 0 aliphatic carbocycles. The predicted molar refractivity (Wildman–Crippen MR) is 149 cm³/mol. The molecule has 1 aliphatic heterocycles. The summed E-state index contributed by atoms with van der Waals surface area (Å²) in [5.74, 6) is -1.58. The molecule has 0 saturated carbocycles. The molecule has 2 amide bonds. The summed E-state index contributed by atoms with van der Waals surface area (Å²) in [7, 11) is -4.27. The lowest BCUT2D eigenvalue weighted by Gasteiger charge is -2.33. The van der Waals surface area contributed by atoms with Gasteiger partial charge in [-0.3, -0.25) is 15.0 Å². The van der Waals surface area contributed by atoms with Crippen molar-refractivity contribution >= 4 is 27.9 Å². The van der Waals surface area contributed by atoms with Crippen molar-refractivity contribution in [3.05, 3.63) is 107 Å². The number of nitrogens with two attached hydrogens (primary N) is 2. The normalized spacial score (nSPS) is 16.2. The summed E-state index contributed by atoms with van der Waals surface area (Å²) >= 11 is 0. The molecule has 1 saturated heterocycles. The summed E-state index contributed by atoms with van der Waals surface area (Å²) in [6.07, 6.45) is 1.05. The molecular weight excluding hydrogens is 516 g/mol. The van der Waals surface area contributed by atoms with Gasteiger partial charge >= 0.3 is 0 Å². The van der Waals surface area contributed by atoms with Crippen molar-refractivity contribution in [2.75, 3.05) is 6.54 Å². The molecule has 0 bridgehead atoms. The number of carbonyl (C=O) groups is 2. The first kappa shape index (κ1) is 28.0. The van der Waals surface area contributed by atoms with Gasteiger partial charge in [0.25, 0.3) is 10.2 Å². The Kier molecular flexibility index (Phi) is 8.75. The Labute approximate surface area is 228 Å².